The van der Waals surface area contributed by atoms with Crippen molar-refractivity contribution in [1.29, 1.82) is 5.41 Å². The Hall–Kier alpha value is -2.56. The molecule has 0 spiro atoms. The van der Waals surface area contributed by atoms with E-state index >= 15 is 0 Å². The second-order valence-electron chi connectivity index (χ2n) is 4.57. The maximum Gasteiger partial charge on any atom is 0.171 e. The normalized spacial score (nSPS) is 10.2. The third-order valence-electron chi connectivity index (χ3n) is 2.98. The molecule has 3 N–H and O–H groups in total. The molecule has 2 rings (SSSR count). The summed E-state index contributed by atoms with van der Waals surface area (Å²) < 4.78 is 24.4. The molecule has 2 aromatic carbocycles. The summed E-state index contributed by atoms with van der Waals surface area (Å²) in [6, 6.07) is 12.2. The molecular formula is C16H17FN2O2. The van der Waals surface area contributed by atoms with E-state index < -0.39 is 5.82 Å². The van der Waals surface area contributed by atoms with Crippen LogP contribution in [0.3, 0.4) is 0 Å². The first kappa shape index (κ1) is 14.8. The first-order valence-electron chi connectivity index (χ1n) is 6.46. The highest BCUT2D eigenvalue weighted by molar-refractivity contribution is 5.79. The van der Waals surface area contributed by atoms with Crippen LogP contribution in [0.15, 0.2) is 42.5 Å². The molecule has 0 aromatic heterocycles. The molecular weight excluding hydrogens is 271 g/mol. The second-order valence-corrected chi connectivity index (χ2v) is 4.57. The Morgan fingerprint density at radius 1 is 1.19 bits per heavy atom. The SMILES string of the molecule is COc1cccc(COc2ccc(CC(=N)N)cc2)c1F. The lowest BCUT2D eigenvalue weighted by Crippen LogP contribution is -2.12. The third kappa shape index (κ3) is 3.95. The number of halogens is 1. The van der Waals surface area contributed by atoms with E-state index in [1.165, 1.54) is 7.11 Å². The van der Waals surface area contributed by atoms with Crippen LogP contribution in [0.2, 0.25) is 0 Å². The summed E-state index contributed by atoms with van der Waals surface area (Å²) in [4.78, 5) is 0. The predicted octanol–water partition coefficient (Wildman–Crippen LogP) is 2.89. The van der Waals surface area contributed by atoms with E-state index in [-0.39, 0.29) is 18.2 Å². The molecule has 0 heterocycles. The largest absolute Gasteiger partial charge is 0.494 e. The highest BCUT2D eigenvalue weighted by Crippen LogP contribution is 2.22. The van der Waals surface area contributed by atoms with E-state index in [9.17, 15) is 4.39 Å². The molecule has 0 radical (unpaired) electrons. The summed E-state index contributed by atoms with van der Waals surface area (Å²) >= 11 is 0. The molecule has 0 aliphatic rings. The van der Waals surface area contributed by atoms with Gasteiger partial charge in [0.15, 0.2) is 11.6 Å². The van der Waals surface area contributed by atoms with Crippen molar-refractivity contribution in [3.63, 3.8) is 0 Å². The molecule has 0 aliphatic heterocycles. The number of amidine groups is 1. The molecule has 0 saturated heterocycles. The van der Waals surface area contributed by atoms with Gasteiger partial charge in [0.25, 0.3) is 0 Å². The summed E-state index contributed by atoms with van der Waals surface area (Å²) in [5, 5.41) is 7.23. The lowest BCUT2D eigenvalue weighted by molar-refractivity contribution is 0.295. The van der Waals surface area contributed by atoms with Gasteiger partial charge in [-0.1, -0.05) is 24.3 Å². The zero-order valence-corrected chi connectivity index (χ0v) is 11.7. The number of rotatable bonds is 6. The van der Waals surface area contributed by atoms with Crippen LogP contribution in [-0.4, -0.2) is 12.9 Å². The van der Waals surface area contributed by atoms with E-state index in [1.807, 2.05) is 12.1 Å². The van der Waals surface area contributed by atoms with E-state index in [0.29, 0.717) is 17.7 Å². The molecule has 110 valence electrons. The van der Waals surface area contributed by atoms with E-state index in [0.717, 1.165) is 5.56 Å². The summed E-state index contributed by atoms with van der Waals surface area (Å²) in [6.07, 6.45) is 0.408. The van der Waals surface area contributed by atoms with Crippen molar-refractivity contribution in [2.24, 2.45) is 5.73 Å². The first-order chi connectivity index (χ1) is 10.1. The standard InChI is InChI=1S/C16H17FN2O2/c1-20-14-4-2-3-12(16(14)17)10-21-13-7-5-11(6-8-13)9-15(18)19/h2-8H,9-10H2,1H3,(H3,18,19). The van der Waals surface area contributed by atoms with Crippen LogP contribution in [0.25, 0.3) is 0 Å². The summed E-state index contributed by atoms with van der Waals surface area (Å²) in [5.41, 5.74) is 6.71. The Bertz CT molecular complexity index is 627. The molecule has 0 aliphatic carbocycles. The minimum absolute atomic E-state index is 0.113. The third-order valence-corrected chi connectivity index (χ3v) is 2.98. The Kier molecular flexibility index (Phi) is 4.77. The van der Waals surface area contributed by atoms with Crippen molar-refractivity contribution < 1.29 is 13.9 Å². The van der Waals surface area contributed by atoms with Gasteiger partial charge in [-0.25, -0.2) is 4.39 Å². The van der Waals surface area contributed by atoms with E-state index in [1.54, 1.807) is 30.3 Å². The fourth-order valence-electron chi connectivity index (χ4n) is 1.91. The monoisotopic (exact) mass is 288 g/mol. The maximum atomic E-state index is 13.9. The van der Waals surface area contributed by atoms with Crippen LogP contribution in [0.1, 0.15) is 11.1 Å². The maximum absolute atomic E-state index is 13.9. The number of ether oxygens (including phenoxy) is 2. The Balaban J connectivity index is 2.01. The van der Waals surface area contributed by atoms with Crippen molar-refractivity contribution in [2.75, 3.05) is 7.11 Å². The fourth-order valence-corrected chi connectivity index (χ4v) is 1.91. The Morgan fingerprint density at radius 3 is 2.52 bits per heavy atom. The molecule has 0 bridgehead atoms. The van der Waals surface area contributed by atoms with Gasteiger partial charge in [-0.15, -0.1) is 0 Å². The quantitative estimate of drug-likeness (QED) is 0.634. The molecule has 0 atom stereocenters. The van der Waals surface area contributed by atoms with Gasteiger partial charge >= 0.3 is 0 Å². The molecule has 0 saturated carbocycles. The van der Waals surface area contributed by atoms with Gasteiger partial charge in [-0.2, -0.15) is 0 Å². The van der Waals surface area contributed by atoms with Gasteiger partial charge in [0.1, 0.15) is 12.4 Å². The van der Waals surface area contributed by atoms with E-state index in [2.05, 4.69) is 0 Å². The molecule has 0 fully saturated rings. The van der Waals surface area contributed by atoms with Crippen molar-refractivity contribution in [2.45, 2.75) is 13.0 Å². The number of nitrogens with one attached hydrogen (secondary N) is 1. The van der Waals surface area contributed by atoms with E-state index in [4.69, 9.17) is 20.6 Å². The van der Waals surface area contributed by atoms with Crippen molar-refractivity contribution in [3.05, 3.63) is 59.4 Å². The lowest BCUT2D eigenvalue weighted by atomic mass is 10.1. The average molecular weight is 288 g/mol. The zero-order chi connectivity index (χ0) is 15.2. The van der Waals surface area contributed by atoms with Gasteiger partial charge in [-0.05, 0) is 23.8 Å². The molecule has 2 aromatic rings. The van der Waals surface area contributed by atoms with Crippen molar-refractivity contribution >= 4 is 5.84 Å². The van der Waals surface area contributed by atoms with Gasteiger partial charge in [0.2, 0.25) is 0 Å². The predicted molar refractivity (Wildman–Crippen MR) is 79.3 cm³/mol. The van der Waals surface area contributed by atoms with Crippen LogP contribution in [0, 0.1) is 11.2 Å². The molecule has 0 unspecified atom stereocenters. The van der Waals surface area contributed by atoms with Crippen LogP contribution in [0.5, 0.6) is 11.5 Å². The van der Waals surface area contributed by atoms with Gasteiger partial charge in [0, 0.05) is 12.0 Å². The number of benzene rings is 2. The summed E-state index contributed by atoms with van der Waals surface area (Å²) in [5.74, 6) is 0.535. The first-order valence-corrected chi connectivity index (χ1v) is 6.46. The molecule has 4 nitrogen and oxygen atoms in total. The number of methoxy groups -OCH3 is 1. The second kappa shape index (κ2) is 6.74. The van der Waals surface area contributed by atoms with Gasteiger partial charge < -0.3 is 15.2 Å². The summed E-state index contributed by atoms with van der Waals surface area (Å²) in [7, 11) is 1.43. The topological polar surface area (TPSA) is 68.3 Å². The number of hydrogen-bond acceptors (Lipinski definition) is 3. The van der Waals surface area contributed by atoms with Gasteiger partial charge in [0.05, 0.1) is 12.9 Å². The highest BCUT2D eigenvalue weighted by Gasteiger charge is 2.08. The molecule has 0 amide bonds. The number of hydrogen-bond donors (Lipinski definition) is 2. The Morgan fingerprint density at radius 2 is 1.90 bits per heavy atom. The number of nitrogens with two attached hydrogens (primary N) is 1. The van der Waals surface area contributed by atoms with Crippen molar-refractivity contribution in [3.8, 4) is 11.5 Å². The van der Waals surface area contributed by atoms with Crippen LogP contribution < -0.4 is 15.2 Å². The van der Waals surface area contributed by atoms with Crippen LogP contribution in [0.4, 0.5) is 4.39 Å². The van der Waals surface area contributed by atoms with Crippen LogP contribution in [-0.2, 0) is 13.0 Å². The molecule has 21 heavy (non-hydrogen) atoms. The fraction of sp³-hybridized carbons (Fsp3) is 0.188. The highest BCUT2D eigenvalue weighted by atomic mass is 19.1. The zero-order valence-electron chi connectivity index (χ0n) is 11.7. The lowest BCUT2D eigenvalue weighted by Gasteiger charge is -2.10. The smallest absolute Gasteiger partial charge is 0.171 e. The van der Waals surface area contributed by atoms with Crippen LogP contribution >= 0.6 is 0 Å². The minimum Gasteiger partial charge on any atom is -0.494 e. The molecule has 5 heteroatoms. The van der Waals surface area contributed by atoms with Crippen molar-refractivity contribution in [1.82, 2.24) is 0 Å². The minimum atomic E-state index is -0.409. The Labute approximate surface area is 122 Å². The average Bonchev–Trinajstić information content (AvgIpc) is 2.47. The van der Waals surface area contributed by atoms with Gasteiger partial charge in [-0.3, -0.25) is 5.41 Å². The summed E-state index contributed by atoms with van der Waals surface area (Å²) in [6.45, 7) is 0.120.